The number of hydrogen-bond acceptors (Lipinski definition) is 5. The predicted octanol–water partition coefficient (Wildman–Crippen LogP) is 3.74. The van der Waals surface area contributed by atoms with E-state index in [2.05, 4.69) is 15.4 Å². The quantitative estimate of drug-likeness (QED) is 0.765. The molecule has 6 nitrogen and oxygen atoms in total. The van der Waals surface area contributed by atoms with Crippen LogP contribution in [0.4, 0.5) is 11.4 Å². The summed E-state index contributed by atoms with van der Waals surface area (Å²) in [4.78, 5) is 14.8. The Morgan fingerprint density at radius 2 is 1.85 bits per heavy atom. The van der Waals surface area contributed by atoms with E-state index < -0.39 is 0 Å². The molecule has 27 heavy (non-hydrogen) atoms. The zero-order valence-electron chi connectivity index (χ0n) is 15.1. The maximum absolute atomic E-state index is 12.5. The van der Waals surface area contributed by atoms with Crippen molar-refractivity contribution in [3.05, 3.63) is 65.9 Å². The molecule has 0 radical (unpaired) electrons. The summed E-state index contributed by atoms with van der Waals surface area (Å²) in [5.41, 5.74) is 4.51. The second kappa shape index (κ2) is 7.63. The minimum Gasteiger partial charge on any atom is -0.378 e. The zero-order chi connectivity index (χ0) is 18.6. The van der Waals surface area contributed by atoms with Crippen LogP contribution in [0.15, 0.2) is 59.1 Å². The molecule has 2 heterocycles. The van der Waals surface area contributed by atoms with Crippen LogP contribution in [0.3, 0.4) is 0 Å². The average molecular weight is 363 g/mol. The third-order valence-electron chi connectivity index (χ3n) is 4.56. The normalized spacial score (nSPS) is 14.2. The fraction of sp³-hybridized carbons (Fsp3) is 0.238. The first-order valence-corrected chi connectivity index (χ1v) is 8.97. The Kier molecular flexibility index (Phi) is 4.89. The van der Waals surface area contributed by atoms with Gasteiger partial charge in [0.25, 0.3) is 5.91 Å². The number of amides is 1. The maximum Gasteiger partial charge on any atom is 0.294 e. The summed E-state index contributed by atoms with van der Waals surface area (Å²) in [6.45, 7) is 5.15. The van der Waals surface area contributed by atoms with Crippen molar-refractivity contribution in [2.24, 2.45) is 0 Å². The van der Waals surface area contributed by atoms with E-state index in [4.69, 9.17) is 9.26 Å². The van der Waals surface area contributed by atoms with Gasteiger partial charge in [0.05, 0.1) is 13.2 Å². The summed E-state index contributed by atoms with van der Waals surface area (Å²) in [6, 6.07) is 17.4. The molecule has 0 bridgehead atoms. The summed E-state index contributed by atoms with van der Waals surface area (Å²) < 4.78 is 10.6. The smallest absolute Gasteiger partial charge is 0.294 e. The molecule has 0 unspecified atom stereocenters. The van der Waals surface area contributed by atoms with Gasteiger partial charge in [-0.3, -0.25) is 4.79 Å². The Labute approximate surface area is 157 Å². The van der Waals surface area contributed by atoms with Crippen LogP contribution in [0.1, 0.15) is 16.1 Å². The number of rotatable bonds is 4. The molecule has 0 aliphatic carbocycles. The third kappa shape index (κ3) is 4.01. The summed E-state index contributed by atoms with van der Waals surface area (Å²) in [7, 11) is 0. The van der Waals surface area contributed by atoms with Gasteiger partial charge in [-0.05, 0) is 25.1 Å². The van der Waals surface area contributed by atoms with E-state index in [0.29, 0.717) is 5.69 Å². The monoisotopic (exact) mass is 363 g/mol. The summed E-state index contributed by atoms with van der Waals surface area (Å²) in [5.74, 6) is -0.137. The van der Waals surface area contributed by atoms with E-state index >= 15 is 0 Å². The molecule has 3 aromatic rings. The topological polar surface area (TPSA) is 67.6 Å². The Bertz CT molecular complexity index is 928. The number of nitrogens with zero attached hydrogens (tertiary/aromatic N) is 2. The number of benzene rings is 2. The fourth-order valence-corrected chi connectivity index (χ4v) is 3.04. The largest absolute Gasteiger partial charge is 0.378 e. The van der Waals surface area contributed by atoms with E-state index in [1.807, 2.05) is 55.5 Å². The SMILES string of the molecule is Cc1ccc(-c2cc(C(=O)Nc3cccc(N4CCOCC4)c3)on2)cc1. The molecule has 1 amide bonds. The van der Waals surface area contributed by atoms with Crippen molar-refractivity contribution in [3.8, 4) is 11.3 Å². The first-order chi connectivity index (χ1) is 13.2. The number of anilines is 2. The highest BCUT2D eigenvalue weighted by Crippen LogP contribution is 2.23. The molecule has 4 rings (SSSR count). The predicted molar refractivity (Wildman–Crippen MR) is 104 cm³/mol. The molecule has 6 heteroatoms. The Balaban J connectivity index is 1.47. The van der Waals surface area contributed by atoms with Crippen LogP contribution < -0.4 is 10.2 Å². The van der Waals surface area contributed by atoms with Gasteiger partial charge in [0, 0.05) is 36.1 Å². The molecule has 1 aromatic heterocycles. The van der Waals surface area contributed by atoms with Crippen molar-refractivity contribution in [3.63, 3.8) is 0 Å². The van der Waals surface area contributed by atoms with Gasteiger partial charge in [-0.2, -0.15) is 0 Å². The minimum atomic E-state index is -0.319. The molecule has 1 aliphatic rings. The van der Waals surface area contributed by atoms with E-state index in [-0.39, 0.29) is 11.7 Å². The highest BCUT2D eigenvalue weighted by atomic mass is 16.5. The molecule has 1 fully saturated rings. The van der Waals surface area contributed by atoms with Crippen LogP contribution in [0.25, 0.3) is 11.3 Å². The summed E-state index contributed by atoms with van der Waals surface area (Å²) in [6.07, 6.45) is 0. The molecule has 0 saturated carbocycles. The van der Waals surface area contributed by atoms with Gasteiger partial charge in [-0.25, -0.2) is 0 Å². The van der Waals surface area contributed by atoms with Crippen molar-refractivity contribution >= 4 is 17.3 Å². The number of morpholine rings is 1. The first kappa shape index (κ1) is 17.3. The van der Waals surface area contributed by atoms with E-state index in [1.54, 1.807) is 6.07 Å². The number of ether oxygens (including phenoxy) is 1. The second-order valence-corrected chi connectivity index (χ2v) is 6.55. The molecule has 1 saturated heterocycles. The molecule has 0 atom stereocenters. The molecule has 138 valence electrons. The first-order valence-electron chi connectivity index (χ1n) is 8.97. The molecular weight excluding hydrogens is 342 g/mol. The standard InChI is InChI=1S/C21H21N3O3/c1-15-5-7-16(8-6-15)19-14-20(27-23-19)21(25)22-17-3-2-4-18(13-17)24-9-11-26-12-10-24/h2-8,13-14H,9-12H2,1H3,(H,22,25). The van der Waals surface area contributed by atoms with E-state index in [9.17, 15) is 4.79 Å². The molecule has 2 aromatic carbocycles. The van der Waals surface area contributed by atoms with Gasteiger partial charge < -0.3 is 19.5 Å². The molecular formula is C21H21N3O3. The highest BCUT2D eigenvalue weighted by molar-refractivity contribution is 6.03. The Morgan fingerprint density at radius 3 is 2.63 bits per heavy atom. The van der Waals surface area contributed by atoms with Gasteiger partial charge in [0.2, 0.25) is 5.76 Å². The van der Waals surface area contributed by atoms with Crippen LogP contribution in [0.5, 0.6) is 0 Å². The molecule has 1 aliphatic heterocycles. The van der Waals surface area contributed by atoms with Crippen molar-refractivity contribution in [2.75, 3.05) is 36.5 Å². The lowest BCUT2D eigenvalue weighted by Gasteiger charge is -2.29. The van der Waals surface area contributed by atoms with Crippen LogP contribution in [0.2, 0.25) is 0 Å². The second-order valence-electron chi connectivity index (χ2n) is 6.55. The number of carbonyl (C=O) groups excluding carboxylic acids is 1. The van der Waals surface area contributed by atoms with E-state index in [1.165, 1.54) is 5.56 Å². The van der Waals surface area contributed by atoms with E-state index in [0.717, 1.165) is 43.2 Å². The van der Waals surface area contributed by atoms with Crippen LogP contribution in [-0.4, -0.2) is 37.4 Å². The lowest BCUT2D eigenvalue weighted by atomic mass is 10.1. The van der Waals surface area contributed by atoms with Crippen LogP contribution in [-0.2, 0) is 4.74 Å². The third-order valence-corrected chi connectivity index (χ3v) is 4.56. The highest BCUT2D eigenvalue weighted by Gasteiger charge is 2.16. The van der Waals surface area contributed by atoms with Crippen molar-refractivity contribution in [2.45, 2.75) is 6.92 Å². The van der Waals surface area contributed by atoms with Gasteiger partial charge >= 0.3 is 0 Å². The van der Waals surface area contributed by atoms with Crippen molar-refractivity contribution in [1.82, 2.24) is 5.16 Å². The van der Waals surface area contributed by atoms with Crippen molar-refractivity contribution in [1.29, 1.82) is 0 Å². The number of carbonyl (C=O) groups is 1. The average Bonchev–Trinajstić information content (AvgIpc) is 3.20. The maximum atomic E-state index is 12.5. The fourth-order valence-electron chi connectivity index (χ4n) is 3.04. The number of aryl methyl sites for hydroxylation is 1. The Hall–Kier alpha value is -3.12. The van der Waals surface area contributed by atoms with Crippen LogP contribution in [0, 0.1) is 6.92 Å². The number of hydrogen-bond donors (Lipinski definition) is 1. The van der Waals surface area contributed by atoms with Crippen LogP contribution >= 0.6 is 0 Å². The van der Waals surface area contributed by atoms with Gasteiger partial charge in [-0.1, -0.05) is 41.1 Å². The molecule has 1 N–H and O–H groups in total. The summed E-state index contributed by atoms with van der Waals surface area (Å²) in [5, 5.41) is 6.89. The van der Waals surface area contributed by atoms with Gasteiger partial charge in [-0.15, -0.1) is 0 Å². The molecule has 0 spiro atoms. The Morgan fingerprint density at radius 1 is 1.07 bits per heavy atom. The van der Waals surface area contributed by atoms with Gasteiger partial charge in [0.15, 0.2) is 0 Å². The lowest BCUT2D eigenvalue weighted by Crippen LogP contribution is -2.36. The minimum absolute atomic E-state index is 0.183. The lowest BCUT2D eigenvalue weighted by molar-refractivity contribution is 0.0988. The summed E-state index contributed by atoms with van der Waals surface area (Å²) >= 11 is 0. The van der Waals surface area contributed by atoms with Gasteiger partial charge in [0.1, 0.15) is 5.69 Å². The van der Waals surface area contributed by atoms with Crippen molar-refractivity contribution < 1.29 is 14.1 Å². The number of aromatic nitrogens is 1. The zero-order valence-corrected chi connectivity index (χ0v) is 15.1. The number of nitrogens with one attached hydrogen (secondary N) is 1.